The lowest BCUT2D eigenvalue weighted by Crippen LogP contribution is -2.33. The first-order valence-corrected chi connectivity index (χ1v) is 11.8. The van der Waals surface area contributed by atoms with Gasteiger partial charge in [0.1, 0.15) is 11.6 Å². The SMILES string of the molecule is CCOc1cc(C(=O)N(C)[C@H](CCN(C)C)c2cccc3cn[nH]c23)ccc1-c1cccc(F)c1. The highest BCUT2D eigenvalue weighted by Crippen LogP contribution is 2.34. The van der Waals surface area contributed by atoms with Crippen molar-refractivity contribution in [3.63, 3.8) is 0 Å². The van der Waals surface area contributed by atoms with Crippen molar-refractivity contribution < 1.29 is 13.9 Å². The third-order valence-corrected chi connectivity index (χ3v) is 6.17. The summed E-state index contributed by atoms with van der Waals surface area (Å²) in [4.78, 5) is 17.6. The summed E-state index contributed by atoms with van der Waals surface area (Å²) in [6.07, 6.45) is 2.55. The van der Waals surface area contributed by atoms with E-state index in [0.717, 1.165) is 35.0 Å². The van der Waals surface area contributed by atoms with Crippen molar-refractivity contribution in [2.75, 3.05) is 34.3 Å². The summed E-state index contributed by atoms with van der Waals surface area (Å²) >= 11 is 0. The van der Waals surface area contributed by atoms with Gasteiger partial charge >= 0.3 is 0 Å². The van der Waals surface area contributed by atoms with E-state index in [1.54, 1.807) is 29.3 Å². The number of nitrogens with zero attached hydrogens (tertiary/aromatic N) is 3. The number of amides is 1. The zero-order chi connectivity index (χ0) is 24.9. The minimum absolute atomic E-state index is 0.114. The minimum Gasteiger partial charge on any atom is -0.493 e. The highest BCUT2D eigenvalue weighted by Gasteiger charge is 2.26. The van der Waals surface area contributed by atoms with Gasteiger partial charge < -0.3 is 14.5 Å². The third-order valence-electron chi connectivity index (χ3n) is 6.17. The van der Waals surface area contributed by atoms with E-state index >= 15 is 0 Å². The highest BCUT2D eigenvalue weighted by molar-refractivity contribution is 5.96. The number of carbonyl (C=O) groups excluding carboxylic acids is 1. The molecule has 1 amide bonds. The van der Waals surface area contributed by atoms with Crippen LogP contribution in [-0.4, -0.2) is 60.2 Å². The Balaban J connectivity index is 1.70. The normalized spacial score (nSPS) is 12.2. The van der Waals surface area contributed by atoms with Crippen LogP contribution in [0.2, 0.25) is 0 Å². The van der Waals surface area contributed by atoms with E-state index in [1.807, 2.05) is 58.4 Å². The van der Waals surface area contributed by atoms with Crippen LogP contribution in [0.1, 0.15) is 35.3 Å². The van der Waals surface area contributed by atoms with Gasteiger partial charge in [0.05, 0.1) is 24.4 Å². The molecule has 0 aliphatic rings. The molecule has 0 radical (unpaired) electrons. The molecule has 4 rings (SSSR count). The van der Waals surface area contributed by atoms with E-state index in [-0.39, 0.29) is 17.8 Å². The molecule has 1 N–H and O–H groups in total. The number of hydrogen-bond acceptors (Lipinski definition) is 4. The fourth-order valence-corrected chi connectivity index (χ4v) is 4.38. The maximum Gasteiger partial charge on any atom is 0.254 e. The minimum atomic E-state index is -0.318. The van der Waals surface area contributed by atoms with Crippen molar-refractivity contribution in [3.8, 4) is 16.9 Å². The average molecular weight is 475 g/mol. The van der Waals surface area contributed by atoms with Gasteiger partial charge in [0, 0.05) is 29.1 Å². The van der Waals surface area contributed by atoms with Crippen LogP contribution < -0.4 is 4.74 Å². The Morgan fingerprint density at radius 1 is 1.09 bits per heavy atom. The molecule has 0 bridgehead atoms. The number of rotatable bonds is 9. The number of H-pyrrole nitrogens is 1. The number of aromatic nitrogens is 2. The van der Waals surface area contributed by atoms with E-state index in [2.05, 4.69) is 15.1 Å². The van der Waals surface area contributed by atoms with Gasteiger partial charge in [0.25, 0.3) is 5.91 Å². The van der Waals surface area contributed by atoms with E-state index in [1.165, 1.54) is 12.1 Å². The summed E-state index contributed by atoms with van der Waals surface area (Å²) in [5.74, 6) is 0.122. The first kappa shape index (κ1) is 24.4. The van der Waals surface area contributed by atoms with Gasteiger partial charge in [0.15, 0.2) is 0 Å². The molecule has 0 spiro atoms. The van der Waals surface area contributed by atoms with Gasteiger partial charge in [-0.05, 0) is 69.9 Å². The second kappa shape index (κ2) is 10.7. The molecule has 0 saturated heterocycles. The summed E-state index contributed by atoms with van der Waals surface area (Å²) in [6, 6.07) is 17.6. The largest absolute Gasteiger partial charge is 0.493 e. The number of nitrogens with one attached hydrogen (secondary N) is 1. The standard InChI is InChI=1S/C28H31FN4O2/c1-5-35-26-17-20(12-13-23(26)19-8-6-10-22(29)16-19)28(34)33(4)25(14-15-32(2)3)24-11-7-9-21-18-30-31-27(21)24/h6-13,16-18,25H,5,14-15H2,1-4H3,(H,30,31)/t25-/m1/s1. The maximum atomic E-state index is 13.8. The second-order valence-electron chi connectivity index (χ2n) is 8.86. The molecule has 0 aliphatic carbocycles. The first-order chi connectivity index (χ1) is 16.9. The molecule has 4 aromatic rings. The predicted molar refractivity (Wildman–Crippen MR) is 137 cm³/mol. The summed E-state index contributed by atoms with van der Waals surface area (Å²) in [5.41, 5.74) is 3.93. The Hall–Kier alpha value is -3.71. The third kappa shape index (κ3) is 5.35. The molecule has 35 heavy (non-hydrogen) atoms. The Bertz CT molecular complexity index is 1320. The van der Waals surface area contributed by atoms with Crippen LogP contribution in [0.4, 0.5) is 4.39 Å². The Morgan fingerprint density at radius 2 is 1.89 bits per heavy atom. The monoisotopic (exact) mass is 474 g/mol. The Morgan fingerprint density at radius 3 is 2.63 bits per heavy atom. The number of hydrogen-bond donors (Lipinski definition) is 1. The van der Waals surface area contributed by atoms with Crippen molar-refractivity contribution in [1.82, 2.24) is 20.0 Å². The zero-order valence-corrected chi connectivity index (χ0v) is 20.6. The van der Waals surface area contributed by atoms with Crippen molar-refractivity contribution in [2.24, 2.45) is 0 Å². The molecule has 182 valence electrons. The summed E-state index contributed by atoms with van der Waals surface area (Å²) in [6.45, 7) is 3.14. The molecule has 0 aliphatic heterocycles. The van der Waals surface area contributed by atoms with Gasteiger partial charge in [0.2, 0.25) is 0 Å². The van der Waals surface area contributed by atoms with Crippen LogP contribution >= 0.6 is 0 Å². The maximum absolute atomic E-state index is 13.8. The lowest BCUT2D eigenvalue weighted by molar-refractivity contribution is 0.0716. The van der Waals surface area contributed by atoms with Crippen LogP contribution in [0.15, 0.2) is 66.9 Å². The fraction of sp³-hybridized carbons (Fsp3) is 0.286. The lowest BCUT2D eigenvalue weighted by atomic mass is 9.98. The molecule has 7 heteroatoms. The molecule has 1 aromatic heterocycles. The van der Waals surface area contributed by atoms with Crippen LogP contribution in [0.3, 0.4) is 0 Å². The predicted octanol–water partition coefficient (Wildman–Crippen LogP) is 5.53. The first-order valence-electron chi connectivity index (χ1n) is 11.8. The van der Waals surface area contributed by atoms with Crippen molar-refractivity contribution in [2.45, 2.75) is 19.4 Å². The van der Waals surface area contributed by atoms with E-state index in [0.29, 0.717) is 23.5 Å². The van der Waals surface area contributed by atoms with Gasteiger partial charge in [-0.15, -0.1) is 0 Å². The van der Waals surface area contributed by atoms with Gasteiger partial charge in [-0.1, -0.05) is 30.3 Å². The zero-order valence-electron chi connectivity index (χ0n) is 20.6. The molecule has 0 fully saturated rings. The second-order valence-corrected chi connectivity index (χ2v) is 8.86. The molecule has 3 aromatic carbocycles. The molecule has 0 unspecified atom stereocenters. The van der Waals surface area contributed by atoms with E-state index < -0.39 is 0 Å². The molecule has 6 nitrogen and oxygen atoms in total. The number of ether oxygens (including phenoxy) is 1. The molecule has 1 atom stereocenters. The summed E-state index contributed by atoms with van der Waals surface area (Å²) in [7, 11) is 5.88. The van der Waals surface area contributed by atoms with Crippen molar-refractivity contribution in [3.05, 3.63) is 83.8 Å². The van der Waals surface area contributed by atoms with Crippen LogP contribution in [0.25, 0.3) is 22.0 Å². The molecular formula is C28H31FN4O2. The van der Waals surface area contributed by atoms with E-state index in [9.17, 15) is 9.18 Å². The van der Waals surface area contributed by atoms with Crippen molar-refractivity contribution >= 4 is 16.8 Å². The number of aromatic amines is 1. The summed E-state index contributed by atoms with van der Waals surface area (Å²) < 4.78 is 19.7. The smallest absolute Gasteiger partial charge is 0.254 e. The Kier molecular flexibility index (Phi) is 7.46. The van der Waals surface area contributed by atoms with Gasteiger partial charge in [-0.25, -0.2) is 4.39 Å². The van der Waals surface area contributed by atoms with Crippen LogP contribution in [-0.2, 0) is 0 Å². The molecule has 1 heterocycles. The van der Waals surface area contributed by atoms with E-state index in [4.69, 9.17) is 4.74 Å². The van der Waals surface area contributed by atoms with Gasteiger partial charge in [-0.3, -0.25) is 9.89 Å². The number of carbonyl (C=O) groups is 1. The van der Waals surface area contributed by atoms with Gasteiger partial charge in [-0.2, -0.15) is 5.10 Å². The fourth-order valence-electron chi connectivity index (χ4n) is 4.38. The topological polar surface area (TPSA) is 61.5 Å². The number of benzene rings is 3. The number of para-hydroxylation sites is 1. The highest BCUT2D eigenvalue weighted by atomic mass is 19.1. The molecule has 0 saturated carbocycles. The van der Waals surface area contributed by atoms with Crippen LogP contribution in [0.5, 0.6) is 5.75 Å². The Labute approximate surface area is 205 Å². The summed E-state index contributed by atoms with van der Waals surface area (Å²) in [5, 5.41) is 8.30. The lowest BCUT2D eigenvalue weighted by Gasteiger charge is -2.30. The molecular weight excluding hydrogens is 443 g/mol. The van der Waals surface area contributed by atoms with Crippen LogP contribution in [0, 0.1) is 5.82 Å². The number of fused-ring (bicyclic) bond motifs is 1. The van der Waals surface area contributed by atoms with Crippen molar-refractivity contribution in [1.29, 1.82) is 0 Å². The quantitative estimate of drug-likeness (QED) is 0.346. The average Bonchev–Trinajstić information content (AvgIpc) is 3.33. The number of halogens is 1.